The summed E-state index contributed by atoms with van der Waals surface area (Å²) in [5.74, 6) is 1.11. The maximum Gasteiger partial charge on any atom is 0.244 e. The van der Waals surface area contributed by atoms with Gasteiger partial charge in [0.1, 0.15) is 5.01 Å². The van der Waals surface area contributed by atoms with Gasteiger partial charge in [-0.05, 0) is 35.9 Å². The van der Waals surface area contributed by atoms with Gasteiger partial charge in [0.2, 0.25) is 5.91 Å². The number of amides is 1. The Hall–Kier alpha value is -2.86. The van der Waals surface area contributed by atoms with Crippen molar-refractivity contribution in [2.75, 3.05) is 14.2 Å². The lowest BCUT2D eigenvalue weighted by Gasteiger charge is -2.07. The first-order valence-electron chi connectivity index (χ1n) is 7.72. The highest BCUT2D eigenvalue weighted by molar-refractivity contribution is 7.18. The molecule has 1 heterocycles. The molecule has 0 spiro atoms. The number of benzene rings is 2. The fourth-order valence-electron chi connectivity index (χ4n) is 2.35. The van der Waals surface area contributed by atoms with Crippen LogP contribution in [0, 0.1) is 0 Å². The Kier molecular flexibility index (Phi) is 5.30. The molecule has 1 amide bonds. The maximum absolute atomic E-state index is 12.0. The summed E-state index contributed by atoms with van der Waals surface area (Å²) in [6.45, 7) is 0.411. The number of hydrogen-bond acceptors (Lipinski definition) is 5. The zero-order chi connectivity index (χ0) is 17.6. The summed E-state index contributed by atoms with van der Waals surface area (Å²) in [5.41, 5.74) is 1.81. The van der Waals surface area contributed by atoms with Gasteiger partial charge in [0.15, 0.2) is 11.5 Å². The highest BCUT2D eigenvalue weighted by Gasteiger charge is 2.05. The minimum Gasteiger partial charge on any atom is -0.493 e. The number of nitrogens with zero attached hydrogens (tertiary/aromatic N) is 1. The van der Waals surface area contributed by atoms with E-state index in [1.807, 2.05) is 36.4 Å². The molecule has 6 heteroatoms. The van der Waals surface area contributed by atoms with Gasteiger partial charge in [-0.2, -0.15) is 0 Å². The SMILES string of the molecule is COc1ccc(/C=C/C(=O)NCc2nc3ccccc3s2)cc1OC. The van der Waals surface area contributed by atoms with Crippen molar-refractivity contribution < 1.29 is 14.3 Å². The lowest BCUT2D eigenvalue weighted by atomic mass is 10.2. The van der Waals surface area contributed by atoms with Crippen molar-refractivity contribution in [2.24, 2.45) is 0 Å². The van der Waals surface area contributed by atoms with Crippen LogP contribution in [-0.2, 0) is 11.3 Å². The second-order valence-electron chi connectivity index (χ2n) is 5.24. The highest BCUT2D eigenvalue weighted by Crippen LogP contribution is 2.28. The Labute approximate surface area is 149 Å². The average Bonchev–Trinajstić information content (AvgIpc) is 3.07. The standard InChI is InChI=1S/C19H18N2O3S/c1-23-15-9-7-13(11-16(15)24-2)8-10-18(22)20-12-19-21-14-5-3-4-6-17(14)25-19/h3-11H,12H2,1-2H3,(H,20,22)/b10-8+. The van der Waals surface area contributed by atoms with Gasteiger partial charge < -0.3 is 14.8 Å². The van der Waals surface area contributed by atoms with E-state index in [1.54, 1.807) is 37.7 Å². The van der Waals surface area contributed by atoms with Crippen molar-refractivity contribution in [2.45, 2.75) is 6.54 Å². The summed E-state index contributed by atoms with van der Waals surface area (Å²) in [7, 11) is 3.17. The molecule has 0 unspecified atom stereocenters. The van der Waals surface area contributed by atoms with Crippen LogP contribution in [-0.4, -0.2) is 25.1 Å². The van der Waals surface area contributed by atoms with Gasteiger partial charge >= 0.3 is 0 Å². The molecule has 0 aliphatic heterocycles. The van der Waals surface area contributed by atoms with Gasteiger partial charge in [-0.15, -0.1) is 11.3 Å². The first-order chi connectivity index (χ1) is 12.2. The molecule has 128 valence electrons. The van der Waals surface area contributed by atoms with Crippen molar-refractivity contribution in [1.82, 2.24) is 10.3 Å². The number of thiazole rings is 1. The van der Waals surface area contributed by atoms with Crippen LogP contribution in [0.3, 0.4) is 0 Å². The molecule has 0 atom stereocenters. The fourth-order valence-corrected chi connectivity index (χ4v) is 3.25. The van der Waals surface area contributed by atoms with Gasteiger partial charge in [0.05, 0.1) is 31.0 Å². The molecule has 25 heavy (non-hydrogen) atoms. The number of aromatic nitrogens is 1. The van der Waals surface area contributed by atoms with Crippen molar-refractivity contribution in [3.05, 3.63) is 59.1 Å². The largest absolute Gasteiger partial charge is 0.493 e. The van der Waals surface area contributed by atoms with E-state index in [-0.39, 0.29) is 5.91 Å². The highest BCUT2D eigenvalue weighted by atomic mass is 32.1. The Morgan fingerprint density at radius 1 is 1.16 bits per heavy atom. The van der Waals surface area contributed by atoms with Gasteiger partial charge in [0.25, 0.3) is 0 Å². The molecule has 0 aliphatic carbocycles. The molecule has 0 fully saturated rings. The van der Waals surface area contributed by atoms with Crippen LogP contribution < -0.4 is 14.8 Å². The quantitative estimate of drug-likeness (QED) is 0.687. The van der Waals surface area contributed by atoms with Gasteiger partial charge in [-0.1, -0.05) is 18.2 Å². The summed E-state index contributed by atoms with van der Waals surface area (Å²) in [6.07, 6.45) is 3.23. The summed E-state index contributed by atoms with van der Waals surface area (Å²) < 4.78 is 11.6. The van der Waals surface area contributed by atoms with Crippen molar-refractivity contribution in [3.63, 3.8) is 0 Å². The molecule has 3 rings (SSSR count). The molecular weight excluding hydrogens is 336 g/mol. The summed E-state index contributed by atoms with van der Waals surface area (Å²) in [5, 5.41) is 3.73. The number of rotatable bonds is 6. The molecular formula is C19H18N2O3S. The Morgan fingerprint density at radius 2 is 1.96 bits per heavy atom. The first-order valence-corrected chi connectivity index (χ1v) is 8.53. The molecule has 3 aromatic rings. The number of carbonyl (C=O) groups is 1. The number of para-hydroxylation sites is 1. The predicted molar refractivity (Wildman–Crippen MR) is 100 cm³/mol. The normalized spacial score (nSPS) is 11.0. The Bertz CT molecular complexity index is 885. The molecule has 0 aliphatic rings. The van der Waals surface area contributed by atoms with Crippen LogP contribution in [0.5, 0.6) is 11.5 Å². The second kappa shape index (κ2) is 7.81. The molecule has 1 N–H and O–H groups in total. The number of ether oxygens (including phenoxy) is 2. The minimum atomic E-state index is -0.172. The molecule has 0 radical (unpaired) electrons. The van der Waals surface area contributed by atoms with Crippen LogP contribution in [0.4, 0.5) is 0 Å². The monoisotopic (exact) mass is 354 g/mol. The topological polar surface area (TPSA) is 60.5 Å². The number of fused-ring (bicyclic) bond motifs is 1. The van der Waals surface area contributed by atoms with Gasteiger partial charge in [-0.25, -0.2) is 4.98 Å². The minimum absolute atomic E-state index is 0.172. The summed E-state index contributed by atoms with van der Waals surface area (Å²) in [6, 6.07) is 13.4. The number of nitrogens with one attached hydrogen (secondary N) is 1. The second-order valence-corrected chi connectivity index (χ2v) is 6.36. The van der Waals surface area contributed by atoms with Crippen LogP contribution in [0.25, 0.3) is 16.3 Å². The van der Waals surface area contributed by atoms with Crippen LogP contribution in [0.1, 0.15) is 10.6 Å². The third-order valence-corrected chi connectivity index (χ3v) is 4.62. The smallest absolute Gasteiger partial charge is 0.244 e. The van der Waals surface area contributed by atoms with Crippen molar-refractivity contribution >= 4 is 33.5 Å². The van der Waals surface area contributed by atoms with E-state index in [1.165, 1.54) is 6.08 Å². The number of methoxy groups -OCH3 is 2. The van der Waals surface area contributed by atoms with E-state index in [2.05, 4.69) is 10.3 Å². The molecule has 5 nitrogen and oxygen atoms in total. The maximum atomic E-state index is 12.0. The fraction of sp³-hybridized carbons (Fsp3) is 0.158. The lowest BCUT2D eigenvalue weighted by molar-refractivity contribution is -0.116. The van der Waals surface area contributed by atoms with Crippen molar-refractivity contribution in [1.29, 1.82) is 0 Å². The Balaban J connectivity index is 1.61. The van der Waals surface area contributed by atoms with E-state index in [0.717, 1.165) is 20.8 Å². The lowest BCUT2D eigenvalue weighted by Crippen LogP contribution is -2.20. The van der Waals surface area contributed by atoms with E-state index in [4.69, 9.17) is 9.47 Å². The summed E-state index contributed by atoms with van der Waals surface area (Å²) in [4.78, 5) is 16.5. The number of carbonyl (C=O) groups excluding carboxylic acids is 1. The van der Waals surface area contributed by atoms with Gasteiger partial charge in [0, 0.05) is 6.08 Å². The average molecular weight is 354 g/mol. The molecule has 0 saturated heterocycles. The van der Waals surface area contributed by atoms with Gasteiger partial charge in [-0.3, -0.25) is 4.79 Å². The zero-order valence-corrected chi connectivity index (χ0v) is 14.8. The predicted octanol–water partition coefficient (Wildman–Crippen LogP) is 3.64. The van der Waals surface area contributed by atoms with Crippen LogP contribution in [0.2, 0.25) is 0 Å². The molecule has 2 aromatic carbocycles. The number of hydrogen-bond donors (Lipinski definition) is 1. The molecule has 0 bridgehead atoms. The third-order valence-electron chi connectivity index (χ3n) is 3.59. The van der Waals surface area contributed by atoms with Crippen LogP contribution in [0.15, 0.2) is 48.5 Å². The van der Waals surface area contributed by atoms with Crippen LogP contribution >= 0.6 is 11.3 Å². The third kappa shape index (κ3) is 4.16. The summed E-state index contributed by atoms with van der Waals surface area (Å²) >= 11 is 1.58. The molecule has 0 saturated carbocycles. The van der Waals surface area contributed by atoms with E-state index in [0.29, 0.717) is 18.0 Å². The van der Waals surface area contributed by atoms with E-state index < -0.39 is 0 Å². The zero-order valence-electron chi connectivity index (χ0n) is 14.0. The molecule has 1 aromatic heterocycles. The van der Waals surface area contributed by atoms with E-state index >= 15 is 0 Å². The van der Waals surface area contributed by atoms with E-state index in [9.17, 15) is 4.79 Å². The first kappa shape index (κ1) is 17.0. The Morgan fingerprint density at radius 3 is 2.72 bits per heavy atom. The van der Waals surface area contributed by atoms with Crippen molar-refractivity contribution in [3.8, 4) is 11.5 Å².